The summed E-state index contributed by atoms with van der Waals surface area (Å²) in [6, 6.07) is 6.52. The van der Waals surface area contributed by atoms with E-state index in [2.05, 4.69) is 20.1 Å². The Morgan fingerprint density at radius 1 is 1.55 bits per heavy atom. The molecule has 0 amide bonds. The lowest BCUT2D eigenvalue weighted by Crippen LogP contribution is -1.96. The summed E-state index contributed by atoms with van der Waals surface area (Å²) < 4.78 is 4.31. The van der Waals surface area contributed by atoms with Gasteiger partial charge in [0.15, 0.2) is 16.3 Å². The highest BCUT2D eigenvalue weighted by Crippen LogP contribution is 2.12. The predicted octanol–water partition coefficient (Wildman–Crippen LogP) is 2.81. The first-order valence-corrected chi connectivity index (χ1v) is 3.85. The number of carbonyl (C=O) groups excluding carboxylic acids is 1. The van der Waals surface area contributed by atoms with E-state index in [1.165, 1.54) is 6.07 Å². The van der Waals surface area contributed by atoms with Gasteiger partial charge in [-0.1, -0.05) is 17.7 Å². The van der Waals surface area contributed by atoms with Crippen molar-refractivity contribution in [3.05, 3.63) is 34.9 Å². The minimum atomic E-state index is -0.451. The van der Waals surface area contributed by atoms with Crippen LogP contribution in [0.15, 0.2) is 24.3 Å². The second kappa shape index (κ2) is 3.74. The summed E-state index contributed by atoms with van der Waals surface area (Å²) in [4.78, 5) is 10.8. The van der Waals surface area contributed by atoms with E-state index < -0.39 is 5.97 Å². The normalized spacial score (nSPS) is 9.27. The van der Waals surface area contributed by atoms with E-state index in [1.54, 1.807) is 18.2 Å². The summed E-state index contributed by atoms with van der Waals surface area (Å²) in [5.41, 5.74) is 0.425. The molecule has 0 spiro atoms. The van der Waals surface area contributed by atoms with E-state index in [9.17, 15) is 4.79 Å². The zero-order chi connectivity index (χ0) is 8.27. The summed E-state index contributed by atoms with van der Waals surface area (Å²) in [5, 5.41) is 0.514. The van der Waals surface area contributed by atoms with E-state index in [0.717, 1.165) is 0 Å². The molecular weight excluding hydrogens is 231 g/mol. The first-order chi connectivity index (χ1) is 5.24. The molecular formula is C7H4BrClO2. The molecule has 0 heterocycles. The van der Waals surface area contributed by atoms with Gasteiger partial charge >= 0.3 is 5.97 Å². The molecule has 1 rings (SSSR count). The van der Waals surface area contributed by atoms with Crippen LogP contribution in [0.25, 0.3) is 0 Å². The molecule has 0 N–H and O–H groups in total. The van der Waals surface area contributed by atoms with Crippen molar-refractivity contribution in [2.24, 2.45) is 0 Å². The molecule has 0 unspecified atom stereocenters. The first-order valence-electron chi connectivity index (χ1n) is 2.82. The van der Waals surface area contributed by atoms with Crippen LogP contribution in [0.2, 0.25) is 5.02 Å². The Bertz CT molecular complexity index is 275. The van der Waals surface area contributed by atoms with Crippen molar-refractivity contribution >= 4 is 33.8 Å². The number of hydrogen-bond donors (Lipinski definition) is 0. The molecule has 1 aromatic rings. The Balaban J connectivity index is 2.96. The van der Waals surface area contributed by atoms with Crippen LogP contribution >= 0.6 is 27.9 Å². The highest BCUT2D eigenvalue weighted by molar-refractivity contribution is 9.06. The number of rotatable bonds is 1. The Morgan fingerprint density at radius 3 is 2.82 bits per heavy atom. The zero-order valence-corrected chi connectivity index (χ0v) is 7.72. The molecule has 4 heteroatoms. The third-order valence-corrected chi connectivity index (χ3v) is 1.66. The van der Waals surface area contributed by atoms with Crippen molar-refractivity contribution in [1.82, 2.24) is 0 Å². The van der Waals surface area contributed by atoms with Crippen LogP contribution < -0.4 is 0 Å². The molecule has 0 saturated heterocycles. The molecule has 0 aliphatic heterocycles. The molecule has 0 aromatic heterocycles. The van der Waals surface area contributed by atoms with Crippen LogP contribution in [0.1, 0.15) is 10.4 Å². The Labute approximate surface area is 77.6 Å². The fourth-order valence-electron chi connectivity index (χ4n) is 0.660. The van der Waals surface area contributed by atoms with Crippen LogP contribution in [0, 0.1) is 0 Å². The lowest BCUT2D eigenvalue weighted by Gasteiger charge is -1.95. The van der Waals surface area contributed by atoms with E-state index in [-0.39, 0.29) is 0 Å². The van der Waals surface area contributed by atoms with E-state index >= 15 is 0 Å². The lowest BCUT2D eigenvalue weighted by molar-refractivity contribution is 0.0782. The summed E-state index contributed by atoms with van der Waals surface area (Å²) in [6.45, 7) is 0. The van der Waals surface area contributed by atoms with Gasteiger partial charge < -0.3 is 3.83 Å². The SMILES string of the molecule is O=C(OBr)c1cccc(Cl)c1. The maximum absolute atomic E-state index is 10.8. The predicted molar refractivity (Wildman–Crippen MR) is 45.8 cm³/mol. The molecule has 0 radical (unpaired) electrons. The van der Waals surface area contributed by atoms with Gasteiger partial charge in [-0.3, -0.25) is 0 Å². The van der Waals surface area contributed by atoms with Gasteiger partial charge in [-0.25, -0.2) is 4.79 Å². The summed E-state index contributed by atoms with van der Waals surface area (Å²) >= 11 is 8.21. The maximum atomic E-state index is 10.8. The second-order valence-electron chi connectivity index (χ2n) is 1.87. The zero-order valence-electron chi connectivity index (χ0n) is 5.38. The molecule has 0 saturated carbocycles. The molecule has 58 valence electrons. The van der Waals surface area contributed by atoms with Gasteiger partial charge in [-0.2, -0.15) is 0 Å². The highest BCUT2D eigenvalue weighted by atomic mass is 79.9. The third kappa shape index (κ3) is 2.20. The molecule has 2 nitrogen and oxygen atoms in total. The van der Waals surface area contributed by atoms with Crippen molar-refractivity contribution in [3.63, 3.8) is 0 Å². The van der Waals surface area contributed by atoms with Crippen molar-refractivity contribution < 1.29 is 8.62 Å². The van der Waals surface area contributed by atoms with E-state index in [1.807, 2.05) is 0 Å². The second-order valence-corrected chi connectivity index (χ2v) is 2.64. The van der Waals surface area contributed by atoms with Crippen LogP contribution in [-0.2, 0) is 3.83 Å². The summed E-state index contributed by atoms with van der Waals surface area (Å²) in [5.74, 6) is -0.451. The Kier molecular flexibility index (Phi) is 2.91. The quantitative estimate of drug-likeness (QED) is 0.748. The minimum absolute atomic E-state index is 0.425. The Morgan fingerprint density at radius 2 is 2.27 bits per heavy atom. The van der Waals surface area contributed by atoms with E-state index in [0.29, 0.717) is 10.6 Å². The topological polar surface area (TPSA) is 26.3 Å². The van der Waals surface area contributed by atoms with Gasteiger partial charge in [0, 0.05) is 5.02 Å². The average molecular weight is 235 g/mol. The largest absolute Gasteiger partial charge is 0.380 e. The number of benzene rings is 1. The monoisotopic (exact) mass is 234 g/mol. The number of halogens is 2. The van der Waals surface area contributed by atoms with Gasteiger partial charge in [-0.05, 0) is 18.2 Å². The molecule has 1 aromatic carbocycles. The van der Waals surface area contributed by atoms with Crippen molar-refractivity contribution in [2.45, 2.75) is 0 Å². The van der Waals surface area contributed by atoms with Crippen LogP contribution in [0.4, 0.5) is 0 Å². The van der Waals surface area contributed by atoms with Crippen molar-refractivity contribution in [1.29, 1.82) is 0 Å². The molecule has 11 heavy (non-hydrogen) atoms. The fourth-order valence-corrected chi connectivity index (χ4v) is 1.04. The summed E-state index contributed by atoms with van der Waals surface area (Å²) in [6.07, 6.45) is 0. The molecule has 0 aliphatic rings. The molecule has 0 atom stereocenters. The van der Waals surface area contributed by atoms with Crippen LogP contribution in [0.3, 0.4) is 0 Å². The van der Waals surface area contributed by atoms with Gasteiger partial charge in [0.25, 0.3) is 0 Å². The van der Waals surface area contributed by atoms with Crippen LogP contribution in [0.5, 0.6) is 0 Å². The van der Waals surface area contributed by atoms with Crippen molar-refractivity contribution in [3.8, 4) is 0 Å². The maximum Gasteiger partial charge on any atom is 0.349 e. The molecule has 0 fully saturated rings. The number of carbonyl (C=O) groups is 1. The van der Waals surface area contributed by atoms with Crippen LogP contribution in [-0.4, -0.2) is 5.97 Å². The Hall–Kier alpha value is -0.540. The molecule has 0 aliphatic carbocycles. The van der Waals surface area contributed by atoms with Gasteiger partial charge in [0.2, 0.25) is 0 Å². The lowest BCUT2D eigenvalue weighted by atomic mass is 10.2. The molecule has 0 bridgehead atoms. The van der Waals surface area contributed by atoms with Gasteiger partial charge in [0.05, 0.1) is 5.56 Å². The fraction of sp³-hybridized carbons (Fsp3) is 0. The minimum Gasteiger partial charge on any atom is -0.380 e. The third-order valence-electron chi connectivity index (χ3n) is 1.13. The van der Waals surface area contributed by atoms with Gasteiger partial charge in [-0.15, -0.1) is 0 Å². The average Bonchev–Trinajstić information content (AvgIpc) is 2.03. The van der Waals surface area contributed by atoms with Crippen molar-refractivity contribution in [2.75, 3.05) is 0 Å². The van der Waals surface area contributed by atoms with Gasteiger partial charge in [0.1, 0.15) is 0 Å². The standard InChI is InChI=1S/C7H4BrClO2/c8-11-7(10)5-2-1-3-6(9)4-5/h1-4H. The summed E-state index contributed by atoms with van der Waals surface area (Å²) in [7, 11) is 0. The number of hydrogen-bond acceptors (Lipinski definition) is 2. The first kappa shape index (κ1) is 8.56. The highest BCUT2D eigenvalue weighted by Gasteiger charge is 2.04. The van der Waals surface area contributed by atoms with E-state index in [4.69, 9.17) is 11.6 Å². The smallest absolute Gasteiger partial charge is 0.349 e.